The van der Waals surface area contributed by atoms with Crippen LogP contribution in [0.1, 0.15) is 50.9 Å². The predicted octanol–water partition coefficient (Wildman–Crippen LogP) is 6.49. The third-order valence-corrected chi connectivity index (χ3v) is 7.10. The number of furan rings is 1. The van der Waals surface area contributed by atoms with Gasteiger partial charge in [0.1, 0.15) is 5.00 Å². The molecule has 170 valence electrons. The molecule has 33 heavy (non-hydrogen) atoms. The van der Waals surface area contributed by atoms with E-state index in [1.165, 1.54) is 16.0 Å². The number of anilines is 2. The van der Waals surface area contributed by atoms with Crippen LogP contribution in [0, 0.1) is 13.8 Å². The lowest BCUT2D eigenvalue weighted by atomic mass is 10.00. The Morgan fingerprint density at radius 1 is 1.12 bits per heavy atom. The number of rotatable bonds is 8. The van der Waals surface area contributed by atoms with E-state index in [1.807, 2.05) is 19.9 Å². The molecular weight excluding hydrogens is 452 g/mol. The first-order valence-electron chi connectivity index (χ1n) is 10.7. The van der Waals surface area contributed by atoms with E-state index in [9.17, 15) is 4.79 Å². The molecule has 0 saturated heterocycles. The van der Waals surface area contributed by atoms with Crippen LogP contribution in [-0.4, -0.2) is 22.1 Å². The SMILES string of the molecule is CCc1cc([C@@H](Nc2nc(C)cc(C)n2)c2ccc(SC)cc2)c(NC(=O)c2ccco2)s1. The maximum Gasteiger partial charge on any atom is 0.291 e. The summed E-state index contributed by atoms with van der Waals surface area (Å²) < 4.78 is 5.29. The molecule has 4 aromatic rings. The van der Waals surface area contributed by atoms with Crippen molar-refractivity contribution < 1.29 is 9.21 Å². The monoisotopic (exact) mass is 478 g/mol. The molecule has 0 unspecified atom stereocenters. The van der Waals surface area contributed by atoms with Gasteiger partial charge >= 0.3 is 0 Å². The van der Waals surface area contributed by atoms with Crippen molar-refractivity contribution in [2.75, 3.05) is 16.9 Å². The molecule has 0 radical (unpaired) electrons. The van der Waals surface area contributed by atoms with Gasteiger partial charge in [0.2, 0.25) is 5.95 Å². The highest BCUT2D eigenvalue weighted by Gasteiger charge is 2.24. The molecule has 0 aliphatic heterocycles. The van der Waals surface area contributed by atoms with Crippen molar-refractivity contribution in [1.82, 2.24) is 9.97 Å². The van der Waals surface area contributed by atoms with Gasteiger partial charge in [-0.15, -0.1) is 23.1 Å². The number of aromatic nitrogens is 2. The van der Waals surface area contributed by atoms with Gasteiger partial charge in [-0.25, -0.2) is 9.97 Å². The molecule has 1 aromatic carbocycles. The van der Waals surface area contributed by atoms with E-state index in [0.29, 0.717) is 5.95 Å². The third-order valence-electron chi connectivity index (χ3n) is 5.15. The number of hydrogen-bond acceptors (Lipinski definition) is 7. The van der Waals surface area contributed by atoms with Crippen molar-refractivity contribution >= 4 is 40.0 Å². The van der Waals surface area contributed by atoms with Gasteiger partial charge in [0.05, 0.1) is 12.3 Å². The van der Waals surface area contributed by atoms with Crippen LogP contribution >= 0.6 is 23.1 Å². The van der Waals surface area contributed by atoms with Crippen LogP contribution in [0.15, 0.2) is 64.1 Å². The Balaban J connectivity index is 1.77. The van der Waals surface area contributed by atoms with E-state index in [2.05, 4.69) is 64.1 Å². The smallest absolute Gasteiger partial charge is 0.291 e. The highest BCUT2D eigenvalue weighted by molar-refractivity contribution is 7.98. The van der Waals surface area contributed by atoms with Crippen molar-refractivity contribution in [2.45, 2.75) is 38.1 Å². The average molecular weight is 479 g/mol. The summed E-state index contributed by atoms with van der Waals surface area (Å²) in [4.78, 5) is 24.3. The number of nitrogens with one attached hydrogen (secondary N) is 2. The molecule has 2 N–H and O–H groups in total. The summed E-state index contributed by atoms with van der Waals surface area (Å²) >= 11 is 3.27. The van der Waals surface area contributed by atoms with E-state index in [1.54, 1.807) is 35.2 Å². The quantitative estimate of drug-likeness (QED) is 0.282. The van der Waals surface area contributed by atoms with Crippen molar-refractivity contribution in [3.63, 3.8) is 0 Å². The van der Waals surface area contributed by atoms with Crippen molar-refractivity contribution in [3.8, 4) is 0 Å². The van der Waals surface area contributed by atoms with E-state index >= 15 is 0 Å². The zero-order valence-electron chi connectivity index (χ0n) is 19.0. The molecule has 0 aliphatic rings. The normalized spacial score (nSPS) is 11.9. The Morgan fingerprint density at radius 2 is 1.85 bits per heavy atom. The number of nitrogens with zero attached hydrogens (tertiary/aromatic N) is 2. The molecule has 0 fully saturated rings. The number of thiophene rings is 1. The molecule has 4 rings (SSSR count). The molecule has 0 spiro atoms. The fourth-order valence-corrected chi connectivity index (χ4v) is 5.01. The van der Waals surface area contributed by atoms with E-state index < -0.39 is 0 Å². The molecule has 3 aromatic heterocycles. The second kappa shape index (κ2) is 10.2. The number of carbonyl (C=O) groups excluding carboxylic acids is 1. The number of carbonyl (C=O) groups is 1. The Morgan fingerprint density at radius 3 is 2.45 bits per heavy atom. The fraction of sp³-hybridized carbons (Fsp3) is 0.240. The lowest BCUT2D eigenvalue weighted by molar-refractivity contribution is 0.0997. The van der Waals surface area contributed by atoms with Crippen molar-refractivity contribution in [3.05, 3.63) is 87.9 Å². The Labute approximate surface area is 201 Å². The molecule has 0 aliphatic carbocycles. The van der Waals surface area contributed by atoms with Gasteiger partial charge < -0.3 is 15.1 Å². The summed E-state index contributed by atoms with van der Waals surface area (Å²) in [7, 11) is 0. The largest absolute Gasteiger partial charge is 0.459 e. The topological polar surface area (TPSA) is 80.0 Å². The summed E-state index contributed by atoms with van der Waals surface area (Å²) in [5.41, 5.74) is 3.82. The van der Waals surface area contributed by atoms with Gasteiger partial charge in [-0.05, 0) is 68.5 Å². The second-order valence-electron chi connectivity index (χ2n) is 7.61. The zero-order valence-corrected chi connectivity index (χ0v) is 20.6. The van der Waals surface area contributed by atoms with E-state index in [-0.39, 0.29) is 17.7 Å². The molecule has 8 heteroatoms. The minimum atomic E-state index is -0.273. The summed E-state index contributed by atoms with van der Waals surface area (Å²) in [5.74, 6) is 0.558. The maximum absolute atomic E-state index is 12.8. The molecule has 0 saturated carbocycles. The summed E-state index contributed by atoms with van der Waals surface area (Å²) in [6.45, 7) is 6.02. The van der Waals surface area contributed by atoms with Crippen LogP contribution in [0.5, 0.6) is 0 Å². The number of hydrogen-bond donors (Lipinski definition) is 2. The van der Waals surface area contributed by atoms with Crippen LogP contribution in [0.2, 0.25) is 0 Å². The molecule has 3 heterocycles. The minimum Gasteiger partial charge on any atom is -0.459 e. The van der Waals surface area contributed by atoms with Crippen LogP contribution < -0.4 is 10.6 Å². The zero-order chi connectivity index (χ0) is 23.4. The Bertz CT molecular complexity index is 1210. The van der Waals surface area contributed by atoms with Crippen LogP contribution in [0.25, 0.3) is 0 Å². The number of benzene rings is 1. The summed E-state index contributed by atoms with van der Waals surface area (Å²) in [6.07, 6.45) is 4.42. The minimum absolute atomic E-state index is 0.245. The lowest BCUT2D eigenvalue weighted by Crippen LogP contribution is -2.17. The van der Waals surface area contributed by atoms with Gasteiger partial charge in [-0.3, -0.25) is 4.79 Å². The van der Waals surface area contributed by atoms with E-state index in [4.69, 9.17) is 4.42 Å². The highest BCUT2D eigenvalue weighted by Crippen LogP contribution is 2.38. The molecular formula is C25H26N4O2S2. The van der Waals surface area contributed by atoms with Crippen molar-refractivity contribution in [2.24, 2.45) is 0 Å². The van der Waals surface area contributed by atoms with Crippen LogP contribution in [0.3, 0.4) is 0 Å². The van der Waals surface area contributed by atoms with Gasteiger partial charge in [-0.2, -0.15) is 0 Å². The first-order chi connectivity index (χ1) is 16.0. The summed E-state index contributed by atoms with van der Waals surface area (Å²) in [6, 6.07) is 15.6. The lowest BCUT2D eigenvalue weighted by Gasteiger charge is -2.21. The van der Waals surface area contributed by atoms with Crippen LogP contribution in [0.4, 0.5) is 10.9 Å². The first kappa shape index (κ1) is 23.1. The molecule has 1 atom stereocenters. The maximum atomic E-state index is 12.8. The first-order valence-corrected chi connectivity index (χ1v) is 12.7. The summed E-state index contributed by atoms with van der Waals surface area (Å²) in [5, 5.41) is 7.35. The van der Waals surface area contributed by atoms with E-state index in [0.717, 1.165) is 33.9 Å². The van der Waals surface area contributed by atoms with Crippen LogP contribution in [-0.2, 0) is 6.42 Å². The van der Waals surface area contributed by atoms with Gasteiger partial charge in [0.15, 0.2) is 5.76 Å². The Kier molecular flexibility index (Phi) is 7.15. The fourth-order valence-electron chi connectivity index (χ4n) is 3.57. The van der Waals surface area contributed by atoms with Crippen molar-refractivity contribution in [1.29, 1.82) is 0 Å². The Hall–Kier alpha value is -3.10. The molecule has 6 nitrogen and oxygen atoms in total. The second-order valence-corrected chi connectivity index (χ2v) is 9.62. The molecule has 0 bridgehead atoms. The molecule has 1 amide bonds. The number of thioether (sulfide) groups is 1. The standard InChI is InChI=1S/C25H26N4O2S2/c1-5-18-14-20(24(33-18)29-23(30)21-7-6-12-31-21)22(17-8-10-19(32-4)11-9-17)28-25-26-15(2)13-16(3)27-25/h6-14,22H,5H2,1-4H3,(H,29,30)(H,26,27,28)/t22-/m0/s1. The van der Waals surface area contributed by atoms with Gasteiger partial charge in [-0.1, -0.05) is 19.1 Å². The van der Waals surface area contributed by atoms with Gasteiger partial charge in [0.25, 0.3) is 5.91 Å². The van der Waals surface area contributed by atoms with Gasteiger partial charge in [0, 0.05) is 26.7 Å². The number of aryl methyl sites for hydroxylation is 3. The predicted molar refractivity (Wildman–Crippen MR) is 136 cm³/mol. The highest BCUT2D eigenvalue weighted by atomic mass is 32.2. The number of amides is 1. The third kappa shape index (κ3) is 5.46. The average Bonchev–Trinajstić information content (AvgIpc) is 3.47.